The van der Waals surface area contributed by atoms with E-state index in [1.165, 1.54) is 36.1 Å². The lowest BCUT2D eigenvalue weighted by Gasteiger charge is -2.21. The zero-order chi connectivity index (χ0) is 19.3. The van der Waals surface area contributed by atoms with Crippen molar-refractivity contribution in [2.75, 3.05) is 5.32 Å². The van der Waals surface area contributed by atoms with Gasteiger partial charge in [0.15, 0.2) is 11.3 Å². The Balaban J connectivity index is 1.64. The predicted molar refractivity (Wildman–Crippen MR) is 86.6 cm³/mol. The van der Waals surface area contributed by atoms with E-state index in [0.717, 1.165) is 4.68 Å². The van der Waals surface area contributed by atoms with E-state index < -0.39 is 11.9 Å². The van der Waals surface area contributed by atoms with Gasteiger partial charge in [0, 0.05) is 43.4 Å². The molecule has 0 atom stereocenters. The maximum atomic E-state index is 13.2. The molecule has 4 rings (SSSR count). The molecule has 8 nitrogen and oxygen atoms in total. The number of Topliss-reactive ketones (excluding diaryl/α,β-unsaturated/α-hetero) is 1. The summed E-state index contributed by atoms with van der Waals surface area (Å²) in [5.74, 6) is -0.680. The first-order valence-corrected chi connectivity index (χ1v) is 8.01. The predicted octanol–water partition coefficient (Wildman–Crippen LogP) is 2.07. The van der Waals surface area contributed by atoms with Gasteiger partial charge in [0.25, 0.3) is 0 Å². The van der Waals surface area contributed by atoms with Crippen molar-refractivity contribution in [3.05, 3.63) is 30.2 Å². The van der Waals surface area contributed by atoms with Gasteiger partial charge < -0.3 is 0 Å². The van der Waals surface area contributed by atoms with Gasteiger partial charge in [-0.2, -0.15) is 23.3 Å². The number of hydrogen-bond acceptors (Lipinski definition) is 5. The Morgan fingerprint density at radius 3 is 2.63 bits per heavy atom. The molecule has 3 heterocycles. The number of aromatic nitrogens is 5. The van der Waals surface area contributed by atoms with Crippen LogP contribution in [-0.4, -0.2) is 36.1 Å². The quantitative estimate of drug-likeness (QED) is 0.753. The van der Waals surface area contributed by atoms with Crippen LogP contribution in [0.1, 0.15) is 18.5 Å². The van der Waals surface area contributed by atoms with Crippen LogP contribution in [0.5, 0.6) is 0 Å². The second-order valence-corrected chi connectivity index (χ2v) is 6.35. The maximum Gasteiger partial charge on any atom is 0.435 e. The SMILES string of the molecule is Cn1cc(-c2ccc3nc(NC(=O)C4CC(=O)C4)nn3c2)c(C(F)(F)F)n1. The fourth-order valence-corrected chi connectivity index (χ4v) is 2.89. The summed E-state index contributed by atoms with van der Waals surface area (Å²) in [7, 11) is 1.41. The average molecular weight is 378 g/mol. The minimum Gasteiger partial charge on any atom is -0.300 e. The van der Waals surface area contributed by atoms with Crippen molar-refractivity contribution in [3.63, 3.8) is 0 Å². The summed E-state index contributed by atoms with van der Waals surface area (Å²) in [5.41, 5.74) is -0.458. The molecule has 0 unspecified atom stereocenters. The van der Waals surface area contributed by atoms with Gasteiger partial charge >= 0.3 is 6.18 Å². The van der Waals surface area contributed by atoms with E-state index in [9.17, 15) is 22.8 Å². The zero-order valence-electron chi connectivity index (χ0n) is 14.0. The zero-order valence-corrected chi connectivity index (χ0v) is 14.0. The number of nitrogens with one attached hydrogen (secondary N) is 1. The summed E-state index contributed by atoms with van der Waals surface area (Å²) in [5, 5.41) is 10.1. The molecular weight excluding hydrogens is 365 g/mol. The molecule has 1 fully saturated rings. The summed E-state index contributed by atoms with van der Waals surface area (Å²) in [6.45, 7) is 0. The number of nitrogens with zero attached hydrogens (tertiary/aromatic N) is 5. The van der Waals surface area contributed by atoms with Crippen LogP contribution in [0.2, 0.25) is 0 Å². The number of pyridine rings is 1. The van der Waals surface area contributed by atoms with Crippen molar-refractivity contribution in [2.24, 2.45) is 13.0 Å². The van der Waals surface area contributed by atoms with Gasteiger partial charge in [-0.05, 0) is 12.1 Å². The number of hydrogen-bond donors (Lipinski definition) is 1. The van der Waals surface area contributed by atoms with E-state index in [4.69, 9.17) is 0 Å². The van der Waals surface area contributed by atoms with E-state index in [-0.39, 0.29) is 47.5 Å². The number of rotatable bonds is 3. The number of carbonyl (C=O) groups is 2. The lowest BCUT2D eigenvalue weighted by molar-refractivity contribution is -0.141. The van der Waals surface area contributed by atoms with E-state index >= 15 is 0 Å². The van der Waals surface area contributed by atoms with Crippen LogP contribution >= 0.6 is 0 Å². The van der Waals surface area contributed by atoms with Gasteiger partial charge in [-0.1, -0.05) is 0 Å². The minimum absolute atomic E-state index is 0.0266. The van der Waals surface area contributed by atoms with E-state index in [1.807, 2.05) is 0 Å². The lowest BCUT2D eigenvalue weighted by atomic mass is 9.83. The van der Waals surface area contributed by atoms with Gasteiger partial charge in [-0.25, -0.2) is 4.52 Å². The first-order valence-electron chi connectivity index (χ1n) is 8.01. The van der Waals surface area contributed by atoms with Crippen LogP contribution < -0.4 is 5.32 Å². The van der Waals surface area contributed by atoms with Crippen LogP contribution in [0.15, 0.2) is 24.5 Å². The molecule has 3 aromatic rings. The number of alkyl halides is 3. The molecule has 1 amide bonds. The number of ketones is 1. The van der Waals surface area contributed by atoms with Crippen molar-refractivity contribution in [3.8, 4) is 11.1 Å². The highest BCUT2D eigenvalue weighted by atomic mass is 19.4. The monoisotopic (exact) mass is 378 g/mol. The summed E-state index contributed by atoms with van der Waals surface area (Å²) in [6.07, 6.45) is -1.53. The Morgan fingerprint density at radius 2 is 1.96 bits per heavy atom. The minimum atomic E-state index is -4.59. The van der Waals surface area contributed by atoms with Crippen LogP contribution in [0.4, 0.5) is 19.1 Å². The first-order chi connectivity index (χ1) is 12.7. The second-order valence-electron chi connectivity index (χ2n) is 6.35. The third-order valence-corrected chi connectivity index (χ3v) is 4.29. The Hall–Kier alpha value is -3.24. The molecule has 0 aliphatic heterocycles. The Labute approximate surface area is 150 Å². The summed E-state index contributed by atoms with van der Waals surface area (Å²) in [6, 6.07) is 2.98. The largest absolute Gasteiger partial charge is 0.435 e. The van der Waals surface area contributed by atoms with Crippen molar-refractivity contribution in [1.82, 2.24) is 24.4 Å². The molecule has 0 aromatic carbocycles. The molecule has 27 heavy (non-hydrogen) atoms. The van der Waals surface area contributed by atoms with Crippen LogP contribution in [0, 0.1) is 5.92 Å². The highest BCUT2D eigenvalue weighted by Crippen LogP contribution is 2.35. The van der Waals surface area contributed by atoms with Gasteiger partial charge in [0.05, 0.1) is 5.92 Å². The highest BCUT2D eigenvalue weighted by molar-refractivity contribution is 6.01. The van der Waals surface area contributed by atoms with Gasteiger partial charge in [-0.15, -0.1) is 5.10 Å². The van der Waals surface area contributed by atoms with Gasteiger partial charge in [0.1, 0.15) is 5.78 Å². The number of fused-ring (bicyclic) bond motifs is 1. The molecule has 1 aliphatic carbocycles. The number of halogens is 3. The van der Waals surface area contributed by atoms with Crippen LogP contribution in [-0.2, 0) is 22.8 Å². The smallest absolute Gasteiger partial charge is 0.300 e. The van der Waals surface area contributed by atoms with E-state index in [1.54, 1.807) is 0 Å². The normalized spacial score (nSPS) is 15.2. The molecular formula is C16H13F3N6O2. The molecule has 0 bridgehead atoms. The van der Waals surface area contributed by atoms with Crippen molar-refractivity contribution in [2.45, 2.75) is 19.0 Å². The van der Waals surface area contributed by atoms with Gasteiger partial charge in [-0.3, -0.25) is 19.6 Å². The van der Waals surface area contributed by atoms with Gasteiger partial charge in [0.2, 0.25) is 11.9 Å². The third kappa shape index (κ3) is 3.15. The molecule has 1 aliphatic rings. The maximum absolute atomic E-state index is 13.2. The van der Waals surface area contributed by atoms with Crippen LogP contribution in [0.3, 0.4) is 0 Å². The Kier molecular flexibility index (Phi) is 3.75. The Bertz CT molecular complexity index is 1060. The molecule has 11 heteroatoms. The molecule has 0 radical (unpaired) electrons. The molecule has 1 N–H and O–H groups in total. The van der Waals surface area contributed by atoms with E-state index in [0.29, 0.717) is 5.65 Å². The topological polar surface area (TPSA) is 94.2 Å². The standard InChI is InChI=1S/C16H13F3N6O2/c1-24-7-11(13(22-24)16(17,18)19)8-2-3-12-20-15(23-25(12)6-8)21-14(27)9-4-10(26)5-9/h2-3,6-7,9H,4-5H2,1H3,(H,21,23,27). The fraction of sp³-hybridized carbons (Fsp3) is 0.312. The molecule has 3 aromatic heterocycles. The number of carbonyl (C=O) groups excluding carboxylic acids is 2. The second kappa shape index (κ2) is 5.89. The molecule has 1 saturated carbocycles. The number of anilines is 1. The summed E-state index contributed by atoms with van der Waals surface area (Å²) in [4.78, 5) is 27.1. The van der Waals surface area contributed by atoms with Crippen molar-refractivity contribution < 1.29 is 22.8 Å². The lowest BCUT2D eigenvalue weighted by Crippen LogP contribution is -2.34. The number of aryl methyl sites for hydroxylation is 1. The summed E-state index contributed by atoms with van der Waals surface area (Å²) < 4.78 is 41.9. The number of amides is 1. The van der Waals surface area contributed by atoms with Crippen molar-refractivity contribution in [1.29, 1.82) is 0 Å². The Morgan fingerprint density at radius 1 is 1.22 bits per heavy atom. The third-order valence-electron chi connectivity index (χ3n) is 4.29. The van der Waals surface area contributed by atoms with Crippen molar-refractivity contribution >= 4 is 23.3 Å². The fourth-order valence-electron chi connectivity index (χ4n) is 2.89. The summed E-state index contributed by atoms with van der Waals surface area (Å²) >= 11 is 0. The molecule has 0 saturated heterocycles. The molecule has 140 valence electrons. The average Bonchev–Trinajstić information content (AvgIpc) is 3.13. The molecule has 0 spiro atoms. The van der Waals surface area contributed by atoms with Crippen LogP contribution in [0.25, 0.3) is 16.8 Å². The van der Waals surface area contributed by atoms with E-state index in [2.05, 4.69) is 20.5 Å². The highest BCUT2D eigenvalue weighted by Gasteiger charge is 2.37. The first kappa shape index (κ1) is 17.2.